The second-order valence-electron chi connectivity index (χ2n) is 7.06. The van der Waals surface area contributed by atoms with Gasteiger partial charge in [-0.1, -0.05) is 32.6 Å². The van der Waals surface area contributed by atoms with Crippen molar-refractivity contribution in [2.24, 2.45) is 0 Å². The highest BCUT2D eigenvalue weighted by Crippen LogP contribution is 2.53. The van der Waals surface area contributed by atoms with Gasteiger partial charge in [0.25, 0.3) is 5.91 Å². The monoisotopic (exact) mass is 447 g/mol. The molecule has 174 valence electrons. The molecule has 0 radical (unpaired) electrons. The summed E-state index contributed by atoms with van der Waals surface area (Å²) >= 11 is 0. The van der Waals surface area contributed by atoms with Gasteiger partial charge in [-0.25, -0.2) is 0 Å². The first-order valence-corrected chi connectivity index (χ1v) is 9.42. The number of carbonyl (C=O) groups is 1. The van der Waals surface area contributed by atoms with Crippen molar-refractivity contribution in [3.63, 3.8) is 0 Å². The van der Waals surface area contributed by atoms with E-state index in [0.29, 0.717) is 6.54 Å². The van der Waals surface area contributed by atoms with Gasteiger partial charge in [0.05, 0.1) is 20.1 Å². The maximum absolute atomic E-state index is 13.4. The SMILES string of the molecule is CCCCCCCC[NH+](C)CCCNC(=O)C(F)(F)C(F)(F)C(F)(F)C(F)(F)F. The van der Waals surface area contributed by atoms with E-state index in [-0.39, 0.29) is 6.42 Å². The van der Waals surface area contributed by atoms with Gasteiger partial charge in [0.1, 0.15) is 0 Å². The van der Waals surface area contributed by atoms with Crippen LogP contribution in [0.1, 0.15) is 51.9 Å². The molecule has 0 aromatic heterocycles. The van der Waals surface area contributed by atoms with Crippen LogP contribution in [-0.4, -0.2) is 56.5 Å². The molecule has 2 N–H and O–H groups in total. The minimum atomic E-state index is -7.07. The summed E-state index contributed by atoms with van der Waals surface area (Å²) in [6, 6.07) is 0. The van der Waals surface area contributed by atoms with Crippen molar-refractivity contribution in [1.29, 1.82) is 0 Å². The van der Waals surface area contributed by atoms with Crippen molar-refractivity contribution in [2.45, 2.75) is 75.8 Å². The van der Waals surface area contributed by atoms with Crippen LogP contribution in [0.15, 0.2) is 0 Å². The van der Waals surface area contributed by atoms with E-state index in [4.69, 9.17) is 0 Å². The van der Waals surface area contributed by atoms with Crippen molar-refractivity contribution in [2.75, 3.05) is 26.7 Å². The first-order chi connectivity index (χ1) is 13.1. The van der Waals surface area contributed by atoms with E-state index in [1.807, 2.05) is 0 Å². The fourth-order valence-electron chi connectivity index (χ4n) is 2.55. The summed E-state index contributed by atoms with van der Waals surface area (Å²) in [6.45, 7) is 2.66. The molecule has 0 aromatic rings. The highest BCUT2D eigenvalue weighted by atomic mass is 19.4. The Hall–Kier alpha value is -1.20. The Morgan fingerprint density at radius 3 is 1.76 bits per heavy atom. The van der Waals surface area contributed by atoms with Crippen LogP contribution in [-0.2, 0) is 4.79 Å². The van der Waals surface area contributed by atoms with Crippen LogP contribution in [0.3, 0.4) is 0 Å². The topological polar surface area (TPSA) is 33.5 Å². The van der Waals surface area contributed by atoms with Crippen LogP contribution in [0, 0.1) is 0 Å². The molecule has 0 aliphatic heterocycles. The van der Waals surface area contributed by atoms with E-state index in [2.05, 4.69) is 6.92 Å². The lowest BCUT2D eigenvalue weighted by Gasteiger charge is -2.32. The van der Waals surface area contributed by atoms with E-state index >= 15 is 0 Å². The molecule has 0 rings (SSSR count). The van der Waals surface area contributed by atoms with Gasteiger partial charge in [0, 0.05) is 13.0 Å². The van der Waals surface area contributed by atoms with Crippen molar-refractivity contribution in [1.82, 2.24) is 5.32 Å². The smallest absolute Gasteiger partial charge is 0.350 e. The second kappa shape index (κ2) is 11.3. The molecule has 0 bridgehead atoms. The maximum atomic E-state index is 13.4. The van der Waals surface area contributed by atoms with Crippen LogP contribution in [0.5, 0.6) is 0 Å². The zero-order valence-corrected chi connectivity index (χ0v) is 16.4. The zero-order valence-electron chi connectivity index (χ0n) is 16.4. The number of alkyl halides is 9. The Bertz CT molecular complexity index is 496. The average molecular weight is 447 g/mol. The number of nitrogens with one attached hydrogen (secondary N) is 2. The van der Waals surface area contributed by atoms with Crippen LogP contribution in [0.2, 0.25) is 0 Å². The molecule has 29 heavy (non-hydrogen) atoms. The van der Waals surface area contributed by atoms with Crippen molar-refractivity contribution >= 4 is 5.91 Å². The third kappa shape index (κ3) is 7.53. The average Bonchev–Trinajstić information content (AvgIpc) is 2.60. The lowest BCUT2D eigenvalue weighted by Crippen LogP contribution is -3.09. The normalized spacial score (nSPS) is 14.7. The number of unbranched alkanes of at least 4 members (excludes halogenated alkanes) is 5. The number of carbonyl (C=O) groups excluding carboxylic acids is 1. The summed E-state index contributed by atoms with van der Waals surface area (Å²) < 4.78 is 114. The zero-order chi connectivity index (χ0) is 22.9. The number of hydrogen-bond acceptors (Lipinski definition) is 1. The molecule has 1 unspecified atom stereocenters. The Morgan fingerprint density at radius 2 is 1.24 bits per heavy atom. The van der Waals surface area contributed by atoms with Crippen LogP contribution in [0.25, 0.3) is 0 Å². The van der Waals surface area contributed by atoms with Gasteiger partial charge >= 0.3 is 23.9 Å². The van der Waals surface area contributed by atoms with Gasteiger partial charge < -0.3 is 10.2 Å². The summed E-state index contributed by atoms with van der Waals surface area (Å²) in [6.07, 6.45) is -0.456. The van der Waals surface area contributed by atoms with Gasteiger partial charge in [-0.05, 0) is 12.8 Å². The molecule has 0 aromatic carbocycles. The molecule has 12 heteroatoms. The molecular formula is C17H28F9N2O+. The maximum Gasteiger partial charge on any atom is 0.460 e. The first kappa shape index (κ1) is 27.8. The van der Waals surface area contributed by atoms with Crippen LogP contribution in [0.4, 0.5) is 39.5 Å². The summed E-state index contributed by atoms with van der Waals surface area (Å²) in [5.74, 6) is -23.1. The highest BCUT2D eigenvalue weighted by Gasteiger charge is 2.83. The fourth-order valence-corrected chi connectivity index (χ4v) is 2.55. The minimum Gasteiger partial charge on any atom is -0.350 e. The quantitative estimate of drug-likeness (QED) is 0.308. The molecule has 3 nitrogen and oxygen atoms in total. The van der Waals surface area contributed by atoms with Gasteiger partial charge in [0.2, 0.25) is 0 Å². The Balaban J connectivity index is 4.42. The number of amides is 1. The molecular weight excluding hydrogens is 419 g/mol. The van der Waals surface area contributed by atoms with Gasteiger partial charge in [0.15, 0.2) is 0 Å². The summed E-state index contributed by atoms with van der Waals surface area (Å²) in [4.78, 5) is 12.2. The highest BCUT2D eigenvalue weighted by molar-refractivity contribution is 5.84. The molecule has 1 atom stereocenters. The Kier molecular flexibility index (Phi) is 10.8. The molecule has 0 aliphatic carbocycles. The van der Waals surface area contributed by atoms with Gasteiger partial charge in [-0.3, -0.25) is 4.79 Å². The standard InChI is InChI=1S/C17H27F9N2O/c1-3-4-5-6-7-8-11-28(2)12-9-10-27-13(29)14(18,19)15(20,21)16(22,23)17(24,25)26/h3-12H2,1-2H3,(H,27,29)/p+1. The molecule has 0 saturated carbocycles. The summed E-state index contributed by atoms with van der Waals surface area (Å²) in [5.41, 5.74) is 0. The Morgan fingerprint density at radius 1 is 0.759 bits per heavy atom. The molecule has 0 spiro atoms. The largest absolute Gasteiger partial charge is 0.460 e. The number of quaternary nitrogens is 1. The molecule has 1 amide bonds. The summed E-state index contributed by atoms with van der Waals surface area (Å²) in [5, 5.41) is 1.32. The number of rotatable bonds is 14. The molecule has 0 saturated heterocycles. The third-order valence-electron chi connectivity index (χ3n) is 4.45. The fraction of sp³-hybridized carbons (Fsp3) is 0.941. The molecule has 0 fully saturated rings. The molecule has 0 heterocycles. The lowest BCUT2D eigenvalue weighted by molar-refractivity contribution is -0.879. The van der Waals surface area contributed by atoms with Crippen molar-refractivity contribution in [3.05, 3.63) is 0 Å². The van der Waals surface area contributed by atoms with E-state index in [9.17, 15) is 44.3 Å². The predicted octanol–water partition coefficient (Wildman–Crippen LogP) is 3.84. The molecule has 0 aliphatic rings. The lowest BCUT2D eigenvalue weighted by atomic mass is 10.0. The third-order valence-corrected chi connectivity index (χ3v) is 4.45. The second-order valence-corrected chi connectivity index (χ2v) is 7.06. The predicted molar refractivity (Wildman–Crippen MR) is 88.5 cm³/mol. The summed E-state index contributed by atoms with van der Waals surface area (Å²) in [7, 11) is 1.79. The van der Waals surface area contributed by atoms with E-state index in [0.717, 1.165) is 50.0 Å². The first-order valence-electron chi connectivity index (χ1n) is 9.42. The minimum absolute atomic E-state index is 0.0602. The van der Waals surface area contributed by atoms with E-state index in [1.54, 1.807) is 7.05 Å². The van der Waals surface area contributed by atoms with Crippen LogP contribution < -0.4 is 10.2 Å². The van der Waals surface area contributed by atoms with Gasteiger partial charge in [-0.2, -0.15) is 39.5 Å². The van der Waals surface area contributed by atoms with Gasteiger partial charge in [-0.15, -0.1) is 0 Å². The van der Waals surface area contributed by atoms with Crippen LogP contribution >= 0.6 is 0 Å². The number of hydrogen-bond donors (Lipinski definition) is 2. The Labute approximate surface area is 164 Å². The van der Waals surface area contributed by atoms with E-state index in [1.165, 1.54) is 5.32 Å². The van der Waals surface area contributed by atoms with Crippen molar-refractivity contribution in [3.8, 4) is 0 Å². The van der Waals surface area contributed by atoms with Crippen molar-refractivity contribution < 1.29 is 49.2 Å². The number of halogens is 9. The van der Waals surface area contributed by atoms with E-state index < -0.39 is 36.4 Å².